The summed E-state index contributed by atoms with van der Waals surface area (Å²) in [6.45, 7) is 1.54. The van der Waals surface area contributed by atoms with Gasteiger partial charge in [0.1, 0.15) is 27.8 Å². The Balaban J connectivity index is 1.54. The van der Waals surface area contributed by atoms with Crippen LogP contribution in [0.3, 0.4) is 0 Å². The number of unbranched alkanes of at least 4 members (excludes halogenated alkanes) is 2. The van der Waals surface area contributed by atoms with E-state index in [4.69, 9.17) is 0 Å². The molecular weight excluding hydrogens is 486 g/mol. The number of Topliss-reactive ketones (excluding diaryl/α,β-unsaturated/α-hetero) is 1. The van der Waals surface area contributed by atoms with E-state index in [2.05, 4.69) is 23.8 Å². The summed E-state index contributed by atoms with van der Waals surface area (Å²) in [7, 11) is -4.06. The van der Waals surface area contributed by atoms with Crippen LogP contribution in [0, 0.1) is 0 Å². The average Bonchev–Trinajstić information content (AvgIpc) is 3.31. The number of carbonyl (C=O) groups excluding carboxylic acids is 2. The number of rotatable bonds is 11. The van der Waals surface area contributed by atoms with E-state index in [1.165, 1.54) is 13.0 Å². The van der Waals surface area contributed by atoms with Gasteiger partial charge in [0, 0.05) is 11.8 Å². The summed E-state index contributed by atoms with van der Waals surface area (Å²) in [5, 5.41) is 3.65. The van der Waals surface area contributed by atoms with Gasteiger partial charge in [-0.1, -0.05) is 37.1 Å². The van der Waals surface area contributed by atoms with Gasteiger partial charge in [0.15, 0.2) is 0 Å². The van der Waals surface area contributed by atoms with Gasteiger partial charge < -0.3 is 10.1 Å². The van der Waals surface area contributed by atoms with Crippen molar-refractivity contribution in [3.8, 4) is 0 Å². The van der Waals surface area contributed by atoms with Crippen LogP contribution in [-0.4, -0.2) is 39.9 Å². The first-order valence-corrected chi connectivity index (χ1v) is 13.4. The third-order valence-electron chi connectivity index (χ3n) is 5.53. The zero-order valence-electron chi connectivity index (χ0n) is 19.1. The van der Waals surface area contributed by atoms with Gasteiger partial charge >= 0.3 is 0 Å². The van der Waals surface area contributed by atoms with Gasteiger partial charge in [-0.15, -0.1) is 0 Å². The molecule has 2 heterocycles. The van der Waals surface area contributed by atoms with E-state index < -0.39 is 22.0 Å². The first-order chi connectivity index (χ1) is 16.8. The quantitative estimate of drug-likeness (QED) is 0.290. The number of para-hydroxylation sites is 1. The molecule has 2 aromatic carbocycles. The number of amides is 1. The Bertz CT molecular complexity index is 1470. The molecular formula is C24H25N5O4S2. The molecule has 11 heteroatoms. The van der Waals surface area contributed by atoms with Crippen LogP contribution in [-0.2, 0) is 19.6 Å². The number of pyridine rings is 1. The Hall–Kier alpha value is -3.28. The summed E-state index contributed by atoms with van der Waals surface area (Å²) in [5.74, 6) is -0.380. The number of nitrogens with one attached hydrogen (secondary N) is 2. The van der Waals surface area contributed by atoms with Crippen LogP contribution in [0.1, 0.15) is 39.0 Å². The van der Waals surface area contributed by atoms with E-state index in [0.717, 1.165) is 22.6 Å². The number of aromatic nitrogens is 3. The first kappa shape index (κ1) is 24.8. The fourth-order valence-electron chi connectivity index (χ4n) is 3.76. The Morgan fingerprint density at radius 3 is 2.63 bits per heavy atom. The molecule has 2 N–H and O–H groups in total. The molecule has 35 heavy (non-hydrogen) atoms. The number of nitrogens with zero attached hydrogens (tertiary/aromatic N) is 3. The monoisotopic (exact) mass is 511 g/mol. The number of hydrogen-bond acceptors (Lipinski definition) is 8. The number of ketones is 1. The predicted molar refractivity (Wildman–Crippen MR) is 136 cm³/mol. The summed E-state index contributed by atoms with van der Waals surface area (Å²) < 4.78 is 37.3. The van der Waals surface area contributed by atoms with Gasteiger partial charge in [-0.05, 0) is 44.0 Å². The third-order valence-corrected chi connectivity index (χ3v) is 7.58. The van der Waals surface area contributed by atoms with Crippen LogP contribution in [0.2, 0.25) is 0 Å². The van der Waals surface area contributed by atoms with E-state index in [9.17, 15) is 18.0 Å². The molecule has 0 unspecified atom stereocenters. The summed E-state index contributed by atoms with van der Waals surface area (Å²) in [4.78, 5) is 28.7. The minimum Gasteiger partial charge on any atom is -0.323 e. The Morgan fingerprint density at radius 1 is 1.00 bits per heavy atom. The van der Waals surface area contributed by atoms with E-state index in [-0.39, 0.29) is 22.6 Å². The molecule has 0 fully saturated rings. The number of fused-ring (bicyclic) bond motifs is 2. The number of hydrogen-bond donors (Lipinski definition) is 2. The van der Waals surface area contributed by atoms with Crippen molar-refractivity contribution in [3.05, 3.63) is 54.7 Å². The van der Waals surface area contributed by atoms with Gasteiger partial charge in [-0.3, -0.25) is 9.78 Å². The minimum absolute atomic E-state index is 0.0227. The normalized spacial score (nSPS) is 12.6. The lowest BCUT2D eigenvalue weighted by Crippen LogP contribution is -2.43. The molecule has 1 atom stereocenters. The lowest BCUT2D eigenvalue weighted by molar-refractivity contribution is -0.118. The minimum atomic E-state index is -4.06. The van der Waals surface area contributed by atoms with E-state index in [1.807, 2.05) is 24.3 Å². The molecule has 0 aliphatic heterocycles. The zero-order chi connectivity index (χ0) is 24.8. The maximum atomic E-state index is 13.3. The average molecular weight is 512 g/mol. The summed E-state index contributed by atoms with van der Waals surface area (Å²) in [6, 6.07) is 13.0. The highest BCUT2D eigenvalue weighted by molar-refractivity contribution is 7.89. The molecule has 0 saturated carbocycles. The van der Waals surface area contributed by atoms with Crippen molar-refractivity contribution < 1.29 is 18.0 Å². The molecule has 0 saturated heterocycles. The van der Waals surface area contributed by atoms with Crippen LogP contribution >= 0.6 is 11.7 Å². The summed E-state index contributed by atoms with van der Waals surface area (Å²) in [6.07, 6.45) is 4.25. The molecule has 182 valence electrons. The number of carbonyl (C=O) groups is 2. The molecule has 1 amide bonds. The van der Waals surface area contributed by atoms with Crippen molar-refractivity contribution in [2.24, 2.45) is 0 Å². The second kappa shape index (κ2) is 11.0. The molecule has 2 aromatic heterocycles. The Morgan fingerprint density at radius 2 is 1.80 bits per heavy atom. The van der Waals surface area contributed by atoms with Crippen molar-refractivity contribution >= 4 is 61.1 Å². The first-order valence-electron chi connectivity index (χ1n) is 11.2. The number of benzene rings is 2. The van der Waals surface area contributed by atoms with Gasteiger partial charge in [-0.25, -0.2) is 8.42 Å². The van der Waals surface area contributed by atoms with E-state index >= 15 is 0 Å². The van der Waals surface area contributed by atoms with Crippen LogP contribution in [0.5, 0.6) is 0 Å². The van der Waals surface area contributed by atoms with E-state index in [1.54, 1.807) is 24.4 Å². The number of anilines is 1. The molecule has 0 aliphatic carbocycles. The molecule has 0 bridgehead atoms. The predicted octanol–water partition coefficient (Wildman–Crippen LogP) is 4.06. The second-order valence-corrected chi connectivity index (χ2v) is 10.5. The molecule has 0 spiro atoms. The van der Waals surface area contributed by atoms with Gasteiger partial charge in [-0.2, -0.15) is 13.5 Å². The maximum Gasteiger partial charge on any atom is 0.243 e. The van der Waals surface area contributed by atoms with Crippen LogP contribution in [0.15, 0.2) is 59.6 Å². The number of sulfonamides is 1. The maximum absolute atomic E-state index is 13.3. The van der Waals surface area contributed by atoms with Crippen LogP contribution < -0.4 is 10.0 Å². The second-order valence-electron chi connectivity index (χ2n) is 8.27. The van der Waals surface area contributed by atoms with Crippen molar-refractivity contribution in [2.75, 3.05) is 5.32 Å². The van der Waals surface area contributed by atoms with Crippen LogP contribution in [0.4, 0.5) is 5.69 Å². The lowest BCUT2D eigenvalue weighted by atomic mass is 10.1. The highest BCUT2D eigenvalue weighted by atomic mass is 32.2. The van der Waals surface area contributed by atoms with Crippen LogP contribution in [0.25, 0.3) is 21.9 Å². The summed E-state index contributed by atoms with van der Waals surface area (Å²) in [5.41, 5.74) is 2.01. The fraction of sp³-hybridized carbons (Fsp3) is 0.292. The van der Waals surface area contributed by atoms with Crippen molar-refractivity contribution in [1.29, 1.82) is 0 Å². The van der Waals surface area contributed by atoms with E-state index in [0.29, 0.717) is 36.9 Å². The van der Waals surface area contributed by atoms with Gasteiger partial charge in [0.2, 0.25) is 15.9 Å². The van der Waals surface area contributed by atoms with Crippen molar-refractivity contribution in [2.45, 2.75) is 50.0 Å². The Labute approximate surface area is 207 Å². The van der Waals surface area contributed by atoms with Gasteiger partial charge in [0.05, 0.1) is 29.1 Å². The highest BCUT2D eigenvalue weighted by Crippen LogP contribution is 2.22. The zero-order valence-corrected chi connectivity index (χ0v) is 20.7. The Kier molecular flexibility index (Phi) is 7.79. The largest absolute Gasteiger partial charge is 0.323 e. The molecule has 4 aromatic rings. The molecule has 9 nitrogen and oxygen atoms in total. The SMILES string of the molecule is CC(=O)CCCCC[C@H](NS(=O)(=O)c1cccc2nsnc12)C(=O)Nc1cnc2ccccc2c1. The molecule has 0 aliphatic rings. The topological polar surface area (TPSA) is 131 Å². The smallest absolute Gasteiger partial charge is 0.243 e. The van der Waals surface area contributed by atoms with Crippen molar-refractivity contribution in [3.63, 3.8) is 0 Å². The highest BCUT2D eigenvalue weighted by Gasteiger charge is 2.28. The summed E-state index contributed by atoms with van der Waals surface area (Å²) >= 11 is 0.927. The standard InChI is InChI=1S/C24H25N5O4S2/c1-16(30)8-3-2-4-11-21(24(31)26-18-14-17-9-5-6-10-19(17)25-15-18)29-35(32,33)22-13-7-12-20-23(22)28-34-27-20/h5-7,9-10,12-15,21,29H,2-4,8,11H2,1H3,(H,26,31)/t21-/m0/s1. The molecule has 0 radical (unpaired) electrons. The molecule has 4 rings (SSSR count). The lowest BCUT2D eigenvalue weighted by Gasteiger charge is -2.19. The van der Waals surface area contributed by atoms with Gasteiger partial charge in [0.25, 0.3) is 0 Å². The third kappa shape index (κ3) is 6.24. The fourth-order valence-corrected chi connectivity index (χ4v) is 5.76. The van der Waals surface area contributed by atoms with Crippen molar-refractivity contribution in [1.82, 2.24) is 18.5 Å².